The summed E-state index contributed by atoms with van der Waals surface area (Å²) in [6, 6.07) is 14.5. The van der Waals surface area contributed by atoms with Gasteiger partial charge in [-0.2, -0.15) is 0 Å². The first-order valence-electron chi connectivity index (χ1n) is 9.20. The molecular formula is C22H25N3O3S. The highest BCUT2D eigenvalue weighted by molar-refractivity contribution is 7.80. The molecule has 0 bridgehead atoms. The van der Waals surface area contributed by atoms with Gasteiger partial charge in [0.25, 0.3) is 0 Å². The van der Waals surface area contributed by atoms with Gasteiger partial charge in [0.1, 0.15) is 5.75 Å². The lowest BCUT2D eigenvalue weighted by atomic mass is 10.1. The summed E-state index contributed by atoms with van der Waals surface area (Å²) in [6.45, 7) is 3.99. The molecule has 0 aromatic heterocycles. The Morgan fingerprint density at radius 3 is 2.28 bits per heavy atom. The highest BCUT2D eigenvalue weighted by atomic mass is 32.1. The van der Waals surface area contributed by atoms with Gasteiger partial charge in [0.15, 0.2) is 5.11 Å². The van der Waals surface area contributed by atoms with Crippen molar-refractivity contribution in [1.29, 1.82) is 0 Å². The highest BCUT2D eigenvalue weighted by Crippen LogP contribution is 2.18. The van der Waals surface area contributed by atoms with E-state index >= 15 is 0 Å². The van der Waals surface area contributed by atoms with Crippen molar-refractivity contribution in [2.45, 2.75) is 20.3 Å². The Balaban J connectivity index is 1.86. The number of anilines is 2. The van der Waals surface area contributed by atoms with E-state index in [1.807, 2.05) is 38.1 Å². The Labute approximate surface area is 176 Å². The maximum absolute atomic E-state index is 12.1. The van der Waals surface area contributed by atoms with Crippen molar-refractivity contribution in [2.24, 2.45) is 5.92 Å². The smallest absolute Gasteiger partial charge is 0.250 e. The van der Waals surface area contributed by atoms with Gasteiger partial charge >= 0.3 is 0 Å². The van der Waals surface area contributed by atoms with E-state index in [1.54, 1.807) is 37.5 Å². The summed E-state index contributed by atoms with van der Waals surface area (Å²) < 4.78 is 5.24. The lowest BCUT2D eigenvalue weighted by molar-refractivity contribution is -0.117. The fourth-order valence-electron chi connectivity index (χ4n) is 2.51. The van der Waals surface area contributed by atoms with Crippen LogP contribution in [-0.4, -0.2) is 24.0 Å². The third-order valence-corrected chi connectivity index (χ3v) is 4.01. The van der Waals surface area contributed by atoms with Gasteiger partial charge in [-0.3, -0.25) is 14.9 Å². The fraction of sp³-hybridized carbons (Fsp3) is 0.227. The number of hydrogen-bond donors (Lipinski definition) is 3. The fourth-order valence-corrected chi connectivity index (χ4v) is 2.72. The second-order valence-corrected chi connectivity index (χ2v) is 7.15. The quantitative estimate of drug-likeness (QED) is 0.470. The zero-order valence-electron chi connectivity index (χ0n) is 16.7. The molecule has 3 N–H and O–H groups in total. The molecule has 2 aromatic rings. The van der Waals surface area contributed by atoms with E-state index in [2.05, 4.69) is 16.0 Å². The summed E-state index contributed by atoms with van der Waals surface area (Å²) in [5.41, 5.74) is 2.20. The van der Waals surface area contributed by atoms with Crippen molar-refractivity contribution < 1.29 is 14.3 Å². The summed E-state index contributed by atoms with van der Waals surface area (Å²) in [5, 5.41) is 8.54. The Kier molecular flexibility index (Phi) is 8.36. The minimum absolute atomic E-state index is 0.0228. The maximum Gasteiger partial charge on any atom is 0.250 e. The Morgan fingerprint density at radius 2 is 1.66 bits per heavy atom. The normalized spacial score (nSPS) is 10.6. The van der Waals surface area contributed by atoms with Crippen molar-refractivity contribution in [3.05, 3.63) is 60.2 Å². The number of methoxy groups -OCH3 is 1. The number of para-hydroxylation sites is 1. The topological polar surface area (TPSA) is 79.5 Å². The number of thiocarbonyl (C=S) groups is 1. The zero-order valence-corrected chi connectivity index (χ0v) is 17.5. The van der Waals surface area contributed by atoms with Gasteiger partial charge in [-0.1, -0.05) is 32.0 Å². The van der Waals surface area contributed by atoms with Crippen LogP contribution in [0.5, 0.6) is 5.75 Å². The largest absolute Gasteiger partial charge is 0.496 e. The third kappa shape index (κ3) is 7.75. The monoisotopic (exact) mass is 411 g/mol. The van der Waals surface area contributed by atoms with Gasteiger partial charge in [0.05, 0.1) is 7.11 Å². The molecule has 0 saturated heterocycles. The molecule has 2 aromatic carbocycles. The van der Waals surface area contributed by atoms with E-state index in [9.17, 15) is 9.59 Å². The molecule has 0 saturated carbocycles. The highest BCUT2D eigenvalue weighted by Gasteiger charge is 2.06. The molecule has 2 rings (SSSR count). The summed E-state index contributed by atoms with van der Waals surface area (Å²) in [7, 11) is 1.58. The number of benzene rings is 2. The van der Waals surface area contributed by atoms with Crippen LogP contribution >= 0.6 is 12.2 Å². The van der Waals surface area contributed by atoms with Crippen molar-refractivity contribution in [3.8, 4) is 5.75 Å². The first-order valence-corrected chi connectivity index (χ1v) is 9.61. The molecule has 0 spiro atoms. The van der Waals surface area contributed by atoms with Gasteiger partial charge in [-0.15, -0.1) is 0 Å². The maximum atomic E-state index is 12.1. The molecule has 0 unspecified atom stereocenters. The lowest BCUT2D eigenvalue weighted by Crippen LogP contribution is -2.32. The number of amides is 2. The number of rotatable bonds is 7. The van der Waals surface area contributed by atoms with Crippen LogP contribution in [0.3, 0.4) is 0 Å². The molecule has 0 aliphatic heterocycles. The van der Waals surface area contributed by atoms with Crippen LogP contribution in [0.1, 0.15) is 25.8 Å². The molecule has 0 aliphatic rings. The van der Waals surface area contributed by atoms with E-state index in [1.165, 1.54) is 6.08 Å². The summed E-state index contributed by atoms with van der Waals surface area (Å²) in [6.07, 6.45) is 3.52. The van der Waals surface area contributed by atoms with E-state index in [4.69, 9.17) is 17.0 Å². The summed E-state index contributed by atoms with van der Waals surface area (Å²) in [5.74, 6) is 0.600. The molecule has 7 heteroatoms. The van der Waals surface area contributed by atoms with Crippen molar-refractivity contribution in [2.75, 3.05) is 17.7 Å². The number of carbonyl (C=O) groups is 2. The molecule has 0 heterocycles. The van der Waals surface area contributed by atoms with E-state index in [0.717, 1.165) is 5.56 Å². The van der Waals surface area contributed by atoms with Crippen LogP contribution in [0.4, 0.5) is 11.4 Å². The molecule has 0 radical (unpaired) electrons. The molecule has 2 amide bonds. The average Bonchev–Trinajstić information content (AvgIpc) is 2.67. The minimum atomic E-state index is -0.356. The molecule has 6 nitrogen and oxygen atoms in total. The Morgan fingerprint density at radius 1 is 1.03 bits per heavy atom. The SMILES string of the molecule is COc1ccccc1/C=C/C(=O)NC(=S)Nc1ccc(NC(=O)CC(C)C)cc1. The molecule has 0 aliphatic carbocycles. The van der Waals surface area contributed by atoms with E-state index < -0.39 is 0 Å². The van der Waals surface area contributed by atoms with Gasteiger partial charge in [-0.25, -0.2) is 0 Å². The van der Waals surface area contributed by atoms with Gasteiger partial charge in [0, 0.05) is 29.4 Å². The Hall–Kier alpha value is -3.19. The van der Waals surface area contributed by atoms with Crippen LogP contribution < -0.4 is 20.7 Å². The average molecular weight is 412 g/mol. The number of nitrogens with one attached hydrogen (secondary N) is 3. The predicted octanol–water partition coefficient (Wildman–Crippen LogP) is 4.21. The Bertz CT molecular complexity index is 892. The van der Waals surface area contributed by atoms with Crippen molar-refractivity contribution in [3.63, 3.8) is 0 Å². The first kappa shape index (κ1) is 22.1. The number of carbonyl (C=O) groups excluding carboxylic acids is 2. The van der Waals surface area contributed by atoms with Crippen LogP contribution in [0, 0.1) is 5.92 Å². The second-order valence-electron chi connectivity index (χ2n) is 6.74. The van der Waals surface area contributed by atoms with Crippen molar-refractivity contribution >= 4 is 46.6 Å². The molecule has 152 valence electrons. The van der Waals surface area contributed by atoms with E-state index in [-0.39, 0.29) is 16.9 Å². The van der Waals surface area contributed by atoms with Crippen molar-refractivity contribution in [1.82, 2.24) is 5.32 Å². The summed E-state index contributed by atoms with van der Waals surface area (Å²) in [4.78, 5) is 23.9. The predicted molar refractivity (Wildman–Crippen MR) is 121 cm³/mol. The van der Waals surface area contributed by atoms with Gasteiger partial charge < -0.3 is 15.4 Å². The molecule has 29 heavy (non-hydrogen) atoms. The van der Waals surface area contributed by atoms with Gasteiger partial charge in [0.2, 0.25) is 11.8 Å². The number of ether oxygens (including phenoxy) is 1. The van der Waals surface area contributed by atoms with E-state index in [0.29, 0.717) is 29.5 Å². The molecule has 0 fully saturated rings. The summed E-state index contributed by atoms with van der Waals surface area (Å²) >= 11 is 5.17. The van der Waals surface area contributed by atoms with Crippen LogP contribution in [-0.2, 0) is 9.59 Å². The standard InChI is InChI=1S/C22H25N3O3S/c1-15(2)14-21(27)23-17-9-11-18(12-10-17)24-22(29)25-20(26)13-8-16-6-4-5-7-19(16)28-3/h4-13,15H,14H2,1-3H3,(H,23,27)(H2,24,25,26,29)/b13-8+. The van der Waals surface area contributed by atoms with Crippen LogP contribution in [0.2, 0.25) is 0 Å². The second kappa shape index (κ2) is 11.0. The third-order valence-electron chi connectivity index (χ3n) is 3.81. The van der Waals surface area contributed by atoms with Crippen LogP contribution in [0.15, 0.2) is 54.6 Å². The minimum Gasteiger partial charge on any atom is -0.496 e. The lowest BCUT2D eigenvalue weighted by Gasteiger charge is -2.10. The molecule has 0 atom stereocenters. The molecular weight excluding hydrogens is 386 g/mol. The van der Waals surface area contributed by atoms with Gasteiger partial charge in [-0.05, 0) is 54.5 Å². The zero-order chi connectivity index (χ0) is 21.2. The number of hydrogen-bond acceptors (Lipinski definition) is 4. The first-order chi connectivity index (χ1) is 13.9. The van der Waals surface area contributed by atoms with Crippen LogP contribution in [0.25, 0.3) is 6.08 Å².